The van der Waals surface area contributed by atoms with Crippen molar-refractivity contribution in [2.75, 3.05) is 31.0 Å². The van der Waals surface area contributed by atoms with E-state index in [-0.39, 0.29) is 12.0 Å². The molecule has 0 saturated carbocycles. The van der Waals surface area contributed by atoms with Crippen LogP contribution in [0.4, 0.5) is 5.69 Å². The summed E-state index contributed by atoms with van der Waals surface area (Å²) in [5.74, 6) is 1.50. The number of esters is 1. The first kappa shape index (κ1) is 15.7. The third kappa shape index (κ3) is 5.42. The second-order valence-corrected chi connectivity index (χ2v) is 4.94. The predicted molar refractivity (Wildman–Crippen MR) is 80.0 cm³/mol. The maximum Gasteiger partial charge on any atom is 0.328 e. The molecule has 1 N–H and O–H groups in total. The average molecular weight is 283 g/mol. The van der Waals surface area contributed by atoms with E-state index in [9.17, 15) is 4.79 Å². The Labute approximate surface area is 118 Å². The molecule has 1 aromatic carbocycles. The standard InChI is InChI=1S/C14H21NO3S/c1-4-18-14(16)13(9-10-19-3)15-11-5-7-12(17-2)8-6-11/h5-8,13,15H,4,9-10H2,1-3H3. The minimum absolute atomic E-state index is 0.202. The third-order valence-corrected chi connectivity index (χ3v) is 3.26. The zero-order valence-electron chi connectivity index (χ0n) is 11.6. The Morgan fingerprint density at radius 2 is 2.05 bits per heavy atom. The molecule has 0 aliphatic rings. The number of carbonyl (C=O) groups is 1. The van der Waals surface area contributed by atoms with Gasteiger partial charge in [0.25, 0.3) is 0 Å². The maximum atomic E-state index is 11.9. The lowest BCUT2D eigenvalue weighted by atomic mass is 10.2. The Kier molecular flexibility index (Phi) is 7.18. The van der Waals surface area contributed by atoms with Crippen molar-refractivity contribution < 1.29 is 14.3 Å². The number of hydrogen-bond acceptors (Lipinski definition) is 5. The minimum atomic E-state index is -0.305. The first-order valence-corrected chi connectivity index (χ1v) is 7.66. The minimum Gasteiger partial charge on any atom is -0.497 e. The fraction of sp³-hybridized carbons (Fsp3) is 0.500. The number of hydrogen-bond donors (Lipinski definition) is 1. The van der Waals surface area contributed by atoms with Gasteiger partial charge in [-0.2, -0.15) is 11.8 Å². The first-order valence-electron chi connectivity index (χ1n) is 6.27. The van der Waals surface area contributed by atoms with E-state index in [0.717, 1.165) is 23.6 Å². The predicted octanol–water partition coefficient (Wildman–Crippen LogP) is 2.79. The van der Waals surface area contributed by atoms with Crippen LogP contribution in [0.5, 0.6) is 5.75 Å². The van der Waals surface area contributed by atoms with Crippen molar-refractivity contribution in [3.63, 3.8) is 0 Å². The van der Waals surface area contributed by atoms with Gasteiger partial charge in [0.05, 0.1) is 13.7 Å². The molecule has 0 aromatic heterocycles. The number of benzene rings is 1. The lowest BCUT2D eigenvalue weighted by Crippen LogP contribution is -2.32. The van der Waals surface area contributed by atoms with Gasteiger partial charge in [-0.1, -0.05) is 0 Å². The summed E-state index contributed by atoms with van der Waals surface area (Å²) in [6.45, 7) is 2.22. The fourth-order valence-corrected chi connectivity index (χ4v) is 2.09. The number of thioether (sulfide) groups is 1. The molecule has 0 aliphatic heterocycles. The van der Waals surface area contributed by atoms with E-state index < -0.39 is 0 Å². The summed E-state index contributed by atoms with van der Waals surface area (Å²) >= 11 is 1.71. The number of anilines is 1. The molecule has 0 heterocycles. The number of ether oxygens (including phenoxy) is 2. The lowest BCUT2D eigenvalue weighted by Gasteiger charge is -2.18. The second kappa shape index (κ2) is 8.69. The highest BCUT2D eigenvalue weighted by Crippen LogP contribution is 2.17. The highest BCUT2D eigenvalue weighted by atomic mass is 32.2. The fourth-order valence-electron chi connectivity index (χ4n) is 1.62. The van der Waals surface area contributed by atoms with Gasteiger partial charge in [-0.3, -0.25) is 0 Å². The van der Waals surface area contributed by atoms with Crippen LogP contribution < -0.4 is 10.1 Å². The van der Waals surface area contributed by atoms with Gasteiger partial charge in [-0.25, -0.2) is 4.79 Å². The SMILES string of the molecule is CCOC(=O)C(CCSC)Nc1ccc(OC)cc1. The summed E-state index contributed by atoms with van der Waals surface area (Å²) in [5, 5.41) is 3.21. The summed E-state index contributed by atoms with van der Waals surface area (Å²) in [4.78, 5) is 11.9. The van der Waals surface area contributed by atoms with E-state index in [4.69, 9.17) is 9.47 Å². The first-order chi connectivity index (χ1) is 9.21. The molecule has 106 valence electrons. The van der Waals surface area contributed by atoms with Crippen LogP contribution in [0.2, 0.25) is 0 Å². The van der Waals surface area contributed by atoms with E-state index in [2.05, 4.69) is 5.32 Å². The Morgan fingerprint density at radius 3 is 2.58 bits per heavy atom. The molecule has 0 saturated heterocycles. The normalized spacial score (nSPS) is 11.7. The molecule has 1 rings (SSSR count). The molecule has 0 radical (unpaired) electrons. The highest BCUT2D eigenvalue weighted by Gasteiger charge is 2.18. The van der Waals surface area contributed by atoms with Crippen molar-refractivity contribution in [3.05, 3.63) is 24.3 Å². The van der Waals surface area contributed by atoms with Crippen LogP contribution in [0.3, 0.4) is 0 Å². The van der Waals surface area contributed by atoms with Crippen LogP contribution in [0.25, 0.3) is 0 Å². The second-order valence-electron chi connectivity index (χ2n) is 3.96. The molecule has 0 aliphatic carbocycles. The summed E-state index contributed by atoms with van der Waals surface area (Å²) in [5.41, 5.74) is 0.889. The molecule has 1 unspecified atom stereocenters. The van der Waals surface area contributed by atoms with Gasteiger partial charge >= 0.3 is 5.97 Å². The summed E-state index contributed by atoms with van der Waals surface area (Å²) in [6, 6.07) is 7.20. The molecule has 0 bridgehead atoms. The molecule has 5 heteroatoms. The van der Waals surface area contributed by atoms with E-state index in [1.165, 1.54) is 0 Å². The molecule has 4 nitrogen and oxygen atoms in total. The van der Waals surface area contributed by atoms with Crippen LogP contribution in [-0.2, 0) is 9.53 Å². The van der Waals surface area contributed by atoms with E-state index in [0.29, 0.717) is 6.61 Å². The molecule has 0 fully saturated rings. The molecule has 1 aromatic rings. The topological polar surface area (TPSA) is 47.6 Å². The van der Waals surface area contributed by atoms with Gasteiger partial charge in [0.1, 0.15) is 11.8 Å². The van der Waals surface area contributed by atoms with Crippen LogP contribution in [0, 0.1) is 0 Å². The van der Waals surface area contributed by atoms with Crippen molar-refractivity contribution in [2.45, 2.75) is 19.4 Å². The van der Waals surface area contributed by atoms with Crippen LogP contribution in [0.15, 0.2) is 24.3 Å². The zero-order chi connectivity index (χ0) is 14.1. The Morgan fingerprint density at radius 1 is 1.37 bits per heavy atom. The molecule has 1 atom stereocenters. The Hall–Kier alpha value is -1.36. The molecular weight excluding hydrogens is 262 g/mol. The zero-order valence-corrected chi connectivity index (χ0v) is 12.5. The van der Waals surface area contributed by atoms with Gasteiger partial charge < -0.3 is 14.8 Å². The molecule has 0 amide bonds. The number of methoxy groups -OCH3 is 1. The van der Waals surface area contributed by atoms with Gasteiger partial charge in [-0.05, 0) is 49.6 Å². The molecule has 19 heavy (non-hydrogen) atoms. The molecule has 0 spiro atoms. The van der Waals surface area contributed by atoms with Crippen LogP contribution >= 0.6 is 11.8 Å². The largest absolute Gasteiger partial charge is 0.497 e. The van der Waals surface area contributed by atoms with Crippen molar-refractivity contribution in [1.82, 2.24) is 0 Å². The Bertz CT molecular complexity index is 381. The number of carbonyl (C=O) groups excluding carboxylic acids is 1. The van der Waals surface area contributed by atoms with Crippen LogP contribution in [0.1, 0.15) is 13.3 Å². The smallest absolute Gasteiger partial charge is 0.328 e. The highest BCUT2D eigenvalue weighted by molar-refractivity contribution is 7.98. The maximum absolute atomic E-state index is 11.9. The summed E-state index contributed by atoms with van der Waals surface area (Å²) < 4.78 is 10.2. The number of rotatable bonds is 8. The van der Waals surface area contributed by atoms with Gasteiger partial charge in [0, 0.05) is 5.69 Å². The van der Waals surface area contributed by atoms with E-state index in [1.807, 2.05) is 37.4 Å². The summed E-state index contributed by atoms with van der Waals surface area (Å²) in [6.07, 6.45) is 2.77. The van der Waals surface area contributed by atoms with Crippen LogP contribution in [-0.4, -0.2) is 37.7 Å². The Balaban J connectivity index is 2.66. The third-order valence-electron chi connectivity index (χ3n) is 2.61. The van der Waals surface area contributed by atoms with Crippen molar-refractivity contribution >= 4 is 23.4 Å². The van der Waals surface area contributed by atoms with Crippen molar-refractivity contribution in [3.8, 4) is 5.75 Å². The van der Waals surface area contributed by atoms with E-state index >= 15 is 0 Å². The van der Waals surface area contributed by atoms with E-state index in [1.54, 1.807) is 18.9 Å². The monoisotopic (exact) mass is 283 g/mol. The average Bonchev–Trinajstić information content (AvgIpc) is 2.44. The van der Waals surface area contributed by atoms with Crippen molar-refractivity contribution in [2.24, 2.45) is 0 Å². The van der Waals surface area contributed by atoms with Crippen molar-refractivity contribution in [1.29, 1.82) is 0 Å². The molecular formula is C14H21NO3S. The lowest BCUT2D eigenvalue weighted by molar-refractivity contribution is -0.144. The van der Waals surface area contributed by atoms with Gasteiger partial charge in [0.2, 0.25) is 0 Å². The number of nitrogens with one attached hydrogen (secondary N) is 1. The van der Waals surface area contributed by atoms with Gasteiger partial charge in [0.15, 0.2) is 0 Å². The summed E-state index contributed by atoms with van der Waals surface area (Å²) in [7, 11) is 1.63. The quantitative estimate of drug-likeness (QED) is 0.743. The van der Waals surface area contributed by atoms with Gasteiger partial charge in [-0.15, -0.1) is 0 Å².